The molecule has 3 aliphatic carbocycles. The first kappa shape index (κ1) is 21.9. The second-order valence-corrected chi connectivity index (χ2v) is 10.1. The van der Waals surface area contributed by atoms with Gasteiger partial charge in [0.2, 0.25) is 5.91 Å². The average Bonchev–Trinajstić information content (AvgIpc) is 3.33. The molecule has 1 heterocycles. The summed E-state index contributed by atoms with van der Waals surface area (Å²) < 4.78 is 5.64. The van der Waals surface area contributed by atoms with Crippen LogP contribution in [0.25, 0.3) is 11.1 Å². The Morgan fingerprint density at radius 2 is 1.74 bits per heavy atom. The van der Waals surface area contributed by atoms with Crippen molar-refractivity contribution in [1.82, 2.24) is 10.2 Å². The maximum Gasteiger partial charge on any atom is 0.407 e. The molecule has 180 valence electrons. The Labute approximate surface area is 203 Å². The average molecular weight is 473 g/mol. The van der Waals surface area contributed by atoms with Crippen molar-refractivity contribution in [3.05, 3.63) is 71.3 Å². The van der Waals surface area contributed by atoms with Gasteiger partial charge in [-0.05, 0) is 60.3 Å². The number of hydrogen-bond donors (Lipinski definition) is 2. The molecule has 0 bridgehead atoms. The van der Waals surface area contributed by atoms with Crippen LogP contribution >= 0.6 is 0 Å². The van der Waals surface area contributed by atoms with Crippen molar-refractivity contribution >= 4 is 18.0 Å². The van der Waals surface area contributed by atoms with Gasteiger partial charge in [0.05, 0.1) is 0 Å². The first-order valence-electron chi connectivity index (χ1n) is 12.3. The lowest BCUT2D eigenvalue weighted by Crippen LogP contribution is -2.51. The zero-order valence-corrected chi connectivity index (χ0v) is 19.4. The number of nitrogens with zero attached hydrogens (tertiary/aromatic N) is 1. The van der Waals surface area contributed by atoms with Gasteiger partial charge in [0.25, 0.3) is 0 Å². The van der Waals surface area contributed by atoms with Crippen LogP contribution in [0.15, 0.2) is 60.2 Å². The second-order valence-electron chi connectivity index (χ2n) is 10.1. The summed E-state index contributed by atoms with van der Waals surface area (Å²) in [6, 6.07) is 16.2. The van der Waals surface area contributed by atoms with Crippen molar-refractivity contribution in [1.29, 1.82) is 0 Å². The molecule has 1 saturated heterocycles. The van der Waals surface area contributed by atoms with Crippen LogP contribution in [0.2, 0.25) is 0 Å². The number of carbonyl (C=O) groups is 3. The fourth-order valence-corrected chi connectivity index (χ4v) is 6.32. The zero-order valence-electron chi connectivity index (χ0n) is 19.4. The number of amides is 2. The fourth-order valence-electron chi connectivity index (χ4n) is 6.32. The minimum atomic E-state index is -1.02. The molecule has 7 nitrogen and oxygen atoms in total. The largest absolute Gasteiger partial charge is 0.479 e. The van der Waals surface area contributed by atoms with Crippen molar-refractivity contribution < 1.29 is 24.2 Å². The summed E-state index contributed by atoms with van der Waals surface area (Å²) in [5, 5.41) is 12.6. The molecule has 2 amide bonds. The molecular formula is C28H28N2O5. The third-order valence-corrected chi connectivity index (χ3v) is 8.16. The number of likely N-dealkylation sites (tertiary alicyclic amines) is 1. The Kier molecular flexibility index (Phi) is 5.16. The molecule has 2 fully saturated rings. The molecule has 2 N–H and O–H groups in total. The molecule has 1 unspecified atom stereocenters. The lowest BCUT2D eigenvalue weighted by molar-refractivity contribution is -0.153. The highest BCUT2D eigenvalue weighted by molar-refractivity contribution is 5.99. The highest BCUT2D eigenvalue weighted by Crippen LogP contribution is 2.54. The number of nitrogens with one attached hydrogen (secondary N) is 1. The third-order valence-electron chi connectivity index (χ3n) is 8.16. The highest BCUT2D eigenvalue weighted by Gasteiger charge is 2.66. The molecule has 1 aliphatic heterocycles. The number of aliphatic carboxylic acids is 1. The number of benzene rings is 2. The summed E-state index contributed by atoms with van der Waals surface area (Å²) in [7, 11) is 0. The van der Waals surface area contributed by atoms with Crippen molar-refractivity contribution in [2.45, 2.75) is 49.6 Å². The Hall–Kier alpha value is -3.61. The van der Waals surface area contributed by atoms with E-state index in [4.69, 9.17) is 4.74 Å². The Bertz CT molecular complexity index is 1210. The van der Waals surface area contributed by atoms with Gasteiger partial charge >= 0.3 is 12.1 Å². The molecule has 1 saturated carbocycles. The predicted molar refractivity (Wildman–Crippen MR) is 129 cm³/mol. The van der Waals surface area contributed by atoms with Crippen molar-refractivity contribution in [3.63, 3.8) is 0 Å². The summed E-state index contributed by atoms with van der Waals surface area (Å²) in [6.07, 6.45) is 4.49. The van der Waals surface area contributed by atoms with Gasteiger partial charge < -0.3 is 20.1 Å². The molecule has 2 aromatic carbocycles. The number of hydrogen-bond acceptors (Lipinski definition) is 4. The lowest BCUT2D eigenvalue weighted by atomic mass is 9.98. The molecule has 3 atom stereocenters. The standard InChI is InChI=1S/C28H28N2O5/c31-25(30-13-5-6-18-15-28(18,30)26(32)33)17-11-12-19(14-17)29-27(34)35-16-24-22-9-3-1-7-20(22)21-8-2-4-10-23(21)24/h1-4,7-11,18-19,24H,5-6,12-16H2,(H,29,34)(H,32,33)/t18-,19?,28+/m1/s1. The van der Waals surface area contributed by atoms with Crippen molar-refractivity contribution in [2.24, 2.45) is 5.92 Å². The van der Waals surface area contributed by atoms with Crippen LogP contribution in [0.1, 0.15) is 49.1 Å². The van der Waals surface area contributed by atoms with E-state index in [1.54, 1.807) is 4.90 Å². The zero-order chi connectivity index (χ0) is 24.2. The predicted octanol–water partition coefficient (Wildman–Crippen LogP) is 4.08. The summed E-state index contributed by atoms with van der Waals surface area (Å²) >= 11 is 0. The maximum absolute atomic E-state index is 13.2. The van der Waals surface area contributed by atoms with Gasteiger partial charge in [0.15, 0.2) is 0 Å². The van der Waals surface area contributed by atoms with E-state index in [1.165, 1.54) is 11.1 Å². The van der Waals surface area contributed by atoms with Gasteiger partial charge in [0, 0.05) is 24.1 Å². The van der Waals surface area contributed by atoms with Gasteiger partial charge in [0.1, 0.15) is 12.1 Å². The lowest BCUT2D eigenvalue weighted by Gasteiger charge is -2.34. The molecule has 2 aromatic rings. The number of ether oxygens (including phenoxy) is 1. The van der Waals surface area contributed by atoms with E-state index < -0.39 is 17.6 Å². The molecule has 0 spiro atoms. The number of fused-ring (bicyclic) bond motifs is 4. The van der Waals surface area contributed by atoms with E-state index >= 15 is 0 Å². The van der Waals surface area contributed by atoms with Crippen LogP contribution in [0.3, 0.4) is 0 Å². The van der Waals surface area contributed by atoms with Crippen molar-refractivity contribution in [3.8, 4) is 11.1 Å². The van der Waals surface area contributed by atoms with Crippen LogP contribution in [0.4, 0.5) is 4.79 Å². The Balaban J connectivity index is 1.06. The number of carboxylic acid groups (broad SMARTS) is 1. The fraction of sp³-hybridized carbons (Fsp3) is 0.393. The smallest absolute Gasteiger partial charge is 0.407 e. The summed E-state index contributed by atoms with van der Waals surface area (Å²) in [5.74, 6) is -1.05. The molecule has 4 aliphatic rings. The van der Waals surface area contributed by atoms with Crippen LogP contribution in [0.5, 0.6) is 0 Å². The number of piperidine rings is 1. The third kappa shape index (κ3) is 3.52. The monoisotopic (exact) mass is 472 g/mol. The van der Waals surface area contributed by atoms with Gasteiger partial charge in [-0.25, -0.2) is 9.59 Å². The van der Waals surface area contributed by atoms with Gasteiger partial charge in [-0.1, -0.05) is 54.6 Å². The summed E-state index contributed by atoms with van der Waals surface area (Å²) in [5.41, 5.74) is 4.23. The highest BCUT2D eigenvalue weighted by atomic mass is 16.5. The number of carbonyl (C=O) groups excluding carboxylic acids is 2. The quantitative estimate of drug-likeness (QED) is 0.684. The molecular weight excluding hydrogens is 444 g/mol. The molecule has 35 heavy (non-hydrogen) atoms. The number of carboxylic acids is 1. The Morgan fingerprint density at radius 1 is 1.06 bits per heavy atom. The molecule has 7 heteroatoms. The van der Waals surface area contributed by atoms with E-state index in [0.717, 1.165) is 24.0 Å². The van der Waals surface area contributed by atoms with Gasteiger partial charge in [-0.15, -0.1) is 0 Å². The van der Waals surface area contributed by atoms with Crippen LogP contribution in [-0.4, -0.2) is 52.7 Å². The van der Waals surface area contributed by atoms with Gasteiger partial charge in [-0.2, -0.15) is 0 Å². The first-order chi connectivity index (χ1) is 17.0. The van der Waals surface area contributed by atoms with E-state index in [9.17, 15) is 19.5 Å². The topological polar surface area (TPSA) is 95.9 Å². The van der Waals surface area contributed by atoms with Gasteiger partial charge in [-0.3, -0.25) is 4.79 Å². The summed E-state index contributed by atoms with van der Waals surface area (Å²) in [6.45, 7) is 0.714. The SMILES string of the molecule is O=C(NC1CC=C(C(=O)N2CCC[C@@H]3C[C@@]32C(=O)O)C1)OCC1c2ccccc2-c2ccccc21. The Morgan fingerprint density at radius 3 is 2.43 bits per heavy atom. The number of alkyl carbamates (subject to hydrolysis) is 1. The van der Waals surface area contributed by atoms with Crippen LogP contribution in [-0.2, 0) is 14.3 Å². The molecule has 0 radical (unpaired) electrons. The van der Waals surface area contributed by atoms with Crippen LogP contribution in [0, 0.1) is 5.92 Å². The van der Waals surface area contributed by atoms with E-state index in [1.807, 2.05) is 30.3 Å². The first-order valence-corrected chi connectivity index (χ1v) is 12.3. The number of rotatable bonds is 5. The second kappa shape index (κ2) is 8.26. The maximum atomic E-state index is 13.2. The summed E-state index contributed by atoms with van der Waals surface area (Å²) in [4.78, 5) is 39.3. The van der Waals surface area contributed by atoms with E-state index in [2.05, 4.69) is 29.6 Å². The van der Waals surface area contributed by atoms with Crippen molar-refractivity contribution in [2.75, 3.05) is 13.2 Å². The molecule has 6 rings (SSSR count). The van der Waals surface area contributed by atoms with E-state index in [-0.39, 0.29) is 30.4 Å². The minimum absolute atomic E-state index is 0.00945. The minimum Gasteiger partial charge on any atom is -0.479 e. The normalized spacial score (nSPS) is 26.3. The van der Waals surface area contributed by atoms with Crippen LogP contribution < -0.4 is 5.32 Å². The molecule has 0 aromatic heterocycles. The van der Waals surface area contributed by atoms with E-state index in [0.29, 0.717) is 31.4 Å².